The van der Waals surface area contributed by atoms with Gasteiger partial charge >= 0.3 is 6.18 Å². The van der Waals surface area contributed by atoms with E-state index in [1.807, 2.05) is 6.92 Å². The third-order valence-corrected chi connectivity index (χ3v) is 1.85. The molecule has 0 N–H and O–H groups in total. The monoisotopic (exact) mass is 177 g/mol. The lowest BCUT2D eigenvalue weighted by atomic mass is 10.0. The predicted molar refractivity (Wildman–Crippen MR) is 41.0 cm³/mol. The molecule has 0 aromatic carbocycles. The molecular formula is C8H10F3N. The fraction of sp³-hybridized carbons (Fsp3) is 0.625. The van der Waals surface area contributed by atoms with E-state index in [4.69, 9.17) is 0 Å². The molecule has 0 aliphatic carbocycles. The van der Waals surface area contributed by atoms with Gasteiger partial charge < -0.3 is 0 Å². The molecule has 0 radical (unpaired) electrons. The maximum Gasteiger partial charge on any atom is 0.432 e. The first-order valence-electron chi connectivity index (χ1n) is 3.85. The van der Waals surface area contributed by atoms with Gasteiger partial charge in [-0.15, -0.1) is 0 Å². The normalized spacial score (nSPS) is 24.0. The molecule has 0 aromatic heterocycles. The molecule has 1 aliphatic heterocycles. The highest BCUT2D eigenvalue weighted by Crippen LogP contribution is 2.29. The van der Waals surface area contributed by atoms with Gasteiger partial charge in [0.25, 0.3) is 0 Å². The molecule has 1 nitrogen and oxygen atoms in total. The van der Waals surface area contributed by atoms with Crippen molar-refractivity contribution in [3.05, 3.63) is 11.8 Å². The van der Waals surface area contributed by atoms with Crippen LogP contribution in [0.15, 0.2) is 16.8 Å². The second kappa shape index (κ2) is 3.29. The Morgan fingerprint density at radius 3 is 2.58 bits per heavy atom. The van der Waals surface area contributed by atoms with Crippen molar-refractivity contribution < 1.29 is 13.2 Å². The number of hydrogen-bond donors (Lipinski definition) is 0. The molecule has 0 bridgehead atoms. The van der Waals surface area contributed by atoms with E-state index in [0.717, 1.165) is 12.5 Å². The minimum atomic E-state index is -4.28. The fourth-order valence-electron chi connectivity index (χ4n) is 1.02. The van der Waals surface area contributed by atoms with E-state index < -0.39 is 11.9 Å². The molecule has 4 heteroatoms. The minimum Gasteiger partial charge on any atom is -0.256 e. The molecule has 0 saturated carbocycles. The summed E-state index contributed by atoms with van der Waals surface area (Å²) in [5.74, 6) is 0.177. The predicted octanol–water partition coefficient (Wildman–Crippen LogP) is 2.93. The van der Waals surface area contributed by atoms with Crippen molar-refractivity contribution in [1.29, 1.82) is 0 Å². The van der Waals surface area contributed by atoms with Crippen LogP contribution in [-0.2, 0) is 0 Å². The van der Waals surface area contributed by atoms with Crippen molar-refractivity contribution in [2.45, 2.75) is 25.9 Å². The van der Waals surface area contributed by atoms with E-state index in [1.54, 1.807) is 0 Å². The van der Waals surface area contributed by atoms with E-state index >= 15 is 0 Å². The van der Waals surface area contributed by atoms with Crippen LogP contribution in [0.3, 0.4) is 0 Å². The third kappa shape index (κ3) is 2.09. The summed E-state index contributed by atoms with van der Waals surface area (Å²) >= 11 is 0. The number of aliphatic imine (C=N–C) groups is 1. The molecule has 0 saturated heterocycles. The Hall–Kier alpha value is -0.800. The van der Waals surface area contributed by atoms with Gasteiger partial charge in [0.15, 0.2) is 0 Å². The van der Waals surface area contributed by atoms with Gasteiger partial charge in [-0.3, -0.25) is 4.99 Å². The van der Waals surface area contributed by atoms with Gasteiger partial charge in [-0.05, 0) is 18.8 Å². The molecule has 0 amide bonds. The zero-order valence-corrected chi connectivity index (χ0v) is 6.73. The highest BCUT2D eigenvalue weighted by atomic mass is 19.4. The minimum absolute atomic E-state index is 0.177. The fourth-order valence-corrected chi connectivity index (χ4v) is 1.02. The molecule has 1 unspecified atom stereocenters. The van der Waals surface area contributed by atoms with E-state index in [2.05, 4.69) is 4.99 Å². The Bertz CT molecular complexity index is 215. The van der Waals surface area contributed by atoms with Gasteiger partial charge in [0.05, 0.1) is 0 Å². The van der Waals surface area contributed by atoms with Crippen molar-refractivity contribution in [3.8, 4) is 0 Å². The van der Waals surface area contributed by atoms with Crippen LogP contribution in [0.1, 0.15) is 19.8 Å². The van der Waals surface area contributed by atoms with Crippen LogP contribution in [0.25, 0.3) is 0 Å². The molecule has 0 fully saturated rings. The smallest absolute Gasteiger partial charge is 0.256 e. The molecule has 68 valence electrons. The summed E-state index contributed by atoms with van der Waals surface area (Å²) in [6.07, 6.45) is -0.438. The second-order valence-electron chi connectivity index (χ2n) is 2.77. The molecule has 12 heavy (non-hydrogen) atoms. The van der Waals surface area contributed by atoms with Crippen molar-refractivity contribution in [3.63, 3.8) is 0 Å². The van der Waals surface area contributed by atoms with Crippen LogP contribution in [0, 0.1) is 5.92 Å². The van der Waals surface area contributed by atoms with Gasteiger partial charge in [-0.25, -0.2) is 0 Å². The Balaban J connectivity index is 2.64. The summed E-state index contributed by atoms with van der Waals surface area (Å²) in [6, 6.07) is 0. The first kappa shape index (κ1) is 9.29. The average molecular weight is 177 g/mol. The van der Waals surface area contributed by atoms with Crippen LogP contribution in [-0.4, -0.2) is 12.4 Å². The van der Waals surface area contributed by atoms with Crippen LogP contribution in [0.4, 0.5) is 13.2 Å². The lowest BCUT2D eigenvalue weighted by Gasteiger charge is -2.14. The van der Waals surface area contributed by atoms with Crippen LogP contribution in [0.2, 0.25) is 0 Å². The first-order chi connectivity index (χ1) is 5.54. The summed E-state index contributed by atoms with van der Waals surface area (Å²) in [7, 11) is 0. The zero-order valence-electron chi connectivity index (χ0n) is 6.73. The maximum absolute atomic E-state index is 12.0. The van der Waals surface area contributed by atoms with Crippen molar-refractivity contribution in [1.82, 2.24) is 0 Å². The lowest BCUT2D eigenvalue weighted by Crippen LogP contribution is -2.15. The molecule has 0 aromatic rings. The number of hydrogen-bond acceptors (Lipinski definition) is 1. The molecule has 1 rings (SSSR count). The number of halogens is 3. The van der Waals surface area contributed by atoms with E-state index in [1.165, 1.54) is 6.21 Å². The lowest BCUT2D eigenvalue weighted by molar-refractivity contribution is -0.0928. The quantitative estimate of drug-likeness (QED) is 0.584. The van der Waals surface area contributed by atoms with Crippen molar-refractivity contribution in [2.24, 2.45) is 10.9 Å². The topological polar surface area (TPSA) is 12.4 Å². The molecule has 1 atom stereocenters. The van der Waals surface area contributed by atoms with Gasteiger partial charge in [0.2, 0.25) is 0 Å². The average Bonchev–Trinajstić information content (AvgIpc) is 2.03. The van der Waals surface area contributed by atoms with Gasteiger partial charge in [0.1, 0.15) is 5.70 Å². The van der Waals surface area contributed by atoms with Gasteiger partial charge in [-0.1, -0.05) is 13.0 Å². The number of allylic oxidation sites excluding steroid dienone is 2. The maximum atomic E-state index is 12.0. The summed E-state index contributed by atoms with van der Waals surface area (Å²) in [5.41, 5.74) is -0.757. The molecule has 0 spiro atoms. The molecular weight excluding hydrogens is 167 g/mol. The first-order valence-corrected chi connectivity index (χ1v) is 3.85. The van der Waals surface area contributed by atoms with Crippen LogP contribution < -0.4 is 0 Å². The van der Waals surface area contributed by atoms with E-state index in [9.17, 15) is 13.2 Å². The summed E-state index contributed by atoms with van der Waals surface area (Å²) < 4.78 is 36.0. The number of rotatable bonds is 1. The number of alkyl halides is 3. The van der Waals surface area contributed by atoms with E-state index in [0.29, 0.717) is 6.42 Å². The molecule has 1 heterocycles. The number of nitrogens with zero attached hydrogens (tertiary/aromatic N) is 1. The molecule has 1 aliphatic rings. The van der Waals surface area contributed by atoms with Gasteiger partial charge in [-0.2, -0.15) is 13.2 Å². The highest BCUT2D eigenvalue weighted by molar-refractivity contribution is 5.64. The van der Waals surface area contributed by atoms with Crippen molar-refractivity contribution in [2.75, 3.05) is 0 Å². The largest absolute Gasteiger partial charge is 0.432 e. The van der Waals surface area contributed by atoms with Crippen LogP contribution >= 0.6 is 0 Å². The summed E-state index contributed by atoms with van der Waals surface area (Å²) in [6.45, 7) is 1.93. The Kier molecular flexibility index (Phi) is 2.55. The van der Waals surface area contributed by atoms with E-state index in [-0.39, 0.29) is 5.92 Å². The zero-order chi connectivity index (χ0) is 9.19. The van der Waals surface area contributed by atoms with Crippen molar-refractivity contribution >= 4 is 6.21 Å². The third-order valence-electron chi connectivity index (χ3n) is 1.85. The van der Waals surface area contributed by atoms with Crippen LogP contribution in [0.5, 0.6) is 0 Å². The SMILES string of the molecule is CCC1C=NC(C(F)(F)F)=CC1. The Morgan fingerprint density at radius 1 is 1.58 bits per heavy atom. The summed E-state index contributed by atoms with van der Waals surface area (Å²) in [4.78, 5) is 3.36. The standard InChI is InChI=1S/C8H10F3N/c1-2-6-3-4-7(12-5-6)8(9,10)11/h4-6H,2-3H2,1H3. The Morgan fingerprint density at radius 2 is 2.25 bits per heavy atom. The summed E-state index contributed by atoms with van der Waals surface area (Å²) in [5, 5.41) is 0. The highest BCUT2D eigenvalue weighted by Gasteiger charge is 2.34. The Labute approximate surface area is 69.0 Å². The second-order valence-corrected chi connectivity index (χ2v) is 2.77. The van der Waals surface area contributed by atoms with Gasteiger partial charge in [0, 0.05) is 6.21 Å².